The maximum atomic E-state index is 10.8. The Labute approximate surface area is 134 Å². The van der Waals surface area contributed by atoms with Crippen LogP contribution in [0, 0.1) is 20.8 Å². The van der Waals surface area contributed by atoms with Crippen molar-refractivity contribution in [2.45, 2.75) is 33.6 Å². The Kier molecular flexibility index (Phi) is 3.86. The summed E-state index contributed by atoms with van der Waals surface area (Å²) in [6.07, 6.45) is 0.566. The lowest BCUT2D eigenvalue weighted by atomic mass is 10.1. The highest BCUT2D eigenvalue weighted by Gasteiger charge is 2.14. The summed E-state index contributed by atoms with van der Waals surface area (Å²) in [6, 6.07) is 10.2. The Morgan fingerprint density at radius 3 is 2.70 bits per heavy atom. The normalized spacial score (nSPS) is 11.1. The maximum Gasteiger partial charge on any atom is 0.303 e. The standard InChI is InChI=1S/C18H19N3O2/c1-11-5-4-6-14(9-11)16-10-17-19-12(2)15(7-8-18(22)23)13(3)21(17)20-16/h4-6,9-10H,7-8H2,1-3H3,(H,22,23). The molecule has 0 radical (unpaired) electrons. The van der Waals surface area contributed by atoms with Crippen molar-refractivity contribution in [1.82, 2.24) is 14.6 Å². The molecule has 118 valence electrons. The average Bonchev–Trinajstić information content (AvgIpc) is 2.91. The summed E-state index contributed by atoms with van der Waals surface area (Å²) in [5.41, 5.74) is 6.68. The van der Waals surface area contributed by atoms with Crippen LogP contribution in [0.1, 0.15) is 28.9 Å². The van der Waals surface area contributed by atoms with Gasteiger partial charge in [-0.25, -0.2) is 9.50 Å². The van der Waals surface area contributed by atoms with E-state index in [1.807, 2.05) is 36.6 Å². The molecule has 0 amide bonds. The average molecular weight is 309 g/mol. The van der Waals surface area contributed by atoms with E-state index >= 15 is 0 Å². The SMILES string of the molecule is Cc1cccc(-c2cc3nc(C)c(CCC(=O)O)c(C)n3n2)c1. The van der Waals surface area contributed by atoms with Crippen molar-refractivity contribution in [2.75, 3.05) is 0 Å². The number of aromatic nitrogens is 3. The molecule has 2 heterocycles. The summed E-state index contributed by atoms with van der Waals surface area (Å²) < 4.78 is 1.81. The summed E-state index contributed by atoms with van der Waals surface area (Å²) in [7, 11) is 0. The zero-order chi connectivity index (χ0) is 16.6. The van der Waals surface area contributed by atoms with Crippen molar-refractivity contribution < 1.29 is 9.90 Å². The first kappa shape index (κ1) is 15.2. The van der Waals surface area contributed by atoms with Crippen LogP contribution in [0.5, 0.6) is 0 Å². The Balaban J connectivity index is 2.09. The number of benzene rings is 1. The molecule has 2 aromatic heterocycles. The van der Waals surface area contributed by atoms with Gasteiger partial charge in [-0.3, -0.25) is 4.79 Å². The first-order chi connectivity index (χ1) is 11.0. The molecule has 0 saturated heterocycles. The van der Waals surface area contributed by atoms with Gasteiger partial charge in [-0.15, -0.1) is 0 Å². The van der Waals surface area contributed by atoms with E-state index in [1.54, 1.807) is 0 Å². The highest BCUT2D eigenvalue weighted by Crippen LogP contribution is 2.23. The minimum absolute atomic E-state index is 0.0981. The van der Waals surface area contributed by atoms with Crippen LogP contribution in [0.4, 0.5) is 0 Å². The molecule has 5 heteroatoms. The van der Waals surface area contributed by atoms with Crippen LogP contribution < -0.4 is 0 Å². The number of carboxylic acids is 1. The van der Waals surface area contributed by atoms with Gasteiger partial charge in [0.05, 0.1) is 5.69 Å². The molecule has 3 rings (SSSR count). The van der Waals surface area contributed by atoms with E-state index in [2.05, 4.69) is 29.1 Å². The van der Waals surface area contributed by atoms with E-state index in [9.17, 15) is 4.79 Å². The van der Waals surface area contributed by atoms with Gasteiger partial charge >= 0.3 is 5.97 Å². The third-order valence-electron chi connectivity index (χ3n) is 4.07. The number of carboxylic acid groups (broad SMARTS) is 1. The van der Waals surface area contributed by atoms with E-state index in [1.165, 1.54) is 5.56 Å². The van der Waals surface area contributed by atoms with E-state index in [0.717, 1.165) is 33.9 Å². The molecule has 0 aliphatic rings. The highest BCUT2D eigenvalue weighted by atomic mass is 16.4. The number of nitrogens with zero attached hydrogens (tertiary/aromatic N) is 3. The first-order valence-corrected chi connectivity index (χ1v) is 7.60. The van der Waals surface area contributed by atoms with Crippen LogP contribution >= 0.6 is 0 Å². The fourth-order valence-electron chi connectivity index (χ4n) is 2.87. The number of fused-ring (bicyclic) bond motifs is 1. The van der Waals surface area contributed by atoms with E-state index < -0.39 is 5.97 Å². The van der Waals surface area contributed by atoms with E-state index in [0.29, 0.717) is 6.42 Å². The lowest BCUT2D eigenvalue weighted by molar-refractivity contribution is -0.136. The van der Waals surface area contributed by atoms with Crippen molar-refractivity contribution in [3.8, 4) is 11.3 Å². The summed E-state index contributed by atoms with van der Waals surface area (Å²) in [5, 5.41) is 13.6. The minimum atomic E-state index is -0.801. The van der Waals surface area contributed by atoms with Gasteiger partial charge in [-0.1, -0.05) is 23.8 Å². The van der Waals surface area contributed by atoms with Gasteiger partial charge < -0.3 is 5.11 Å². The number of aliphatic carboxylic acids is 1. The summed E-state index contributed by atoms with van der Waals surface area (Å²) in [5.74, 6) is -0.801. The summed E-state index contributed by atoms with van der Waals surface area (Å²) in [6.45, 7) is 5.94. The topological polar surface area (TPSA) is 67.5 Å². The summed E-state index contributed by atoms with van der Waals surface area (Å²) >= 11 is 0. The molecule has 0 spiro atoms. The quantitative estimate of drug-likeness (QED) is 0.802. The second-order valence-electron chi connectivity index (χ2n) is 5.82. The molecule has 0 unspecified atom stereocenters. The Morgan fingerprint density at radius 2 is 2.00 bits per heavy atom. The van der Waals surface area contributed by atoms with Crippen molar-refractivity contribution >= 4 is 11.6 Å². The molecule has 0 saturated carbocycles. The van der Waals surface area contributed by atoms with E-state index in [-0.39, 0.29) is 6.42 Å². The largest absolute Gasteiger partial charge is 0.481 e. The minimum Gasteiger partial charge on any atom is -0.481 e. The van der Waals surface area contributed by atoms with Crippen molar-refractivity contribution in [1.29, 1.82) is 0 Å². The third kappa shape index (κ3) is 2.95. The predicted molar refractivity (Wildman–Crippen MR) is 88.6 cm³/mol. The Hall–Kier alpha value is -2.69. The fourth-order valence-corrected chi connectivity index (χ4v) is 2.87. The molecule has 0 aliphatic heterocycles. The summed E-state index contributed by atoms with van der Waals surface area (Å²) in [4.78, 5) is 15.4. The third-order valence-corrected chi connectivity index (χ3v) is 4.07. The molecular weight excluding hydrogens is 290 g/mol. The fraction of sp³-hybridized carbons (Fsp3) is 0.278. The van der Waals surface area contributed by atoms with Crippen molar-refractivity contribution in [3.63, 3.8) is 0 Å². The second kappa shape index (κ2) is 5.83. The van der Waals surface area contributed by atoms with Crippen LogP contribution in [0.3, 0.4) is 0 Å². The molecule has 1 N–H and O–H groups in total. The van der Waals surface area contributed by atoms with Crippen LogP contribution in [0.2, 0.25) is 0 Å². The van der Waals surface area contributed by atoms with Crippen LogP contribution in [0.15, 0.2) is 30.3 Å². The number of rotatable bonds is 4. The number of hydrogen-bond acceptors (Lipinski definition) is 3. The van der Waals surface area contributed by atoms with Crippen molar-refractivity contribution in [2.24, 2.45) is 0 Å². The molecule has 23 heavy (non-hydrogen) atoms. The first-order valence-electron chi connectivity index (χ1n) is 7.60. The monoisotopic (exact) mass is 309 g/mol. The van der Waals surface area contributed by atoms with Gasteiger partial charge in [-0.2, -0.15) is 5.10 Å². The van der Waals surface area contributed by atoms with Gasteiger partial charge in [0.2, 0.25) is 0 Å². The smallest absolute Gasteiger partial charge is 0.303 e. The molecular formula is C18H19N3O2. The second-order valence-corrected chi connectivity index (χ2v) is 5.82. The molecule has 0 aliphatic carbocycles. The number of carbonyl (C=O) groups is 1. The molecule has 0 bridgehead atoms. The zero-order valence-electron chi connectivity index (χ0n) is 13.5. The molecule has 1 aromatic carbocycles. The van der Waals surface area contributed by atoms with Gasteiger partial charge in [0.1, 0.15) is 0 Å². The van der Waals surface area contributed by atoms with Crippen molar-refractivity contribution in [3.05, 3.63) is 52.8 Å². The number of aryl methyl sites for hydroxylation is 3. The lowest BCUT2D eigenvalue weighted by Crippen LogP contribution is -2.07. The van der Waals surface area contributed by atoms with Crippen LogP contribution in [-0.4, -0.2) is 25.7 Å². The van der Waals surface area contributed by atoms with Gasteiger partial charge in [0.15, 0.2) is 5.65 Å². The molecule has 0 atom stereocenters. The van der Waals surface area contributed by atoms with Gasteiger partial charge in [0, 0.05) is 29.4 Å². The molecule has 3 aromatic rings. The maximum absolute atomic E-state index is 10.8. The molecule has 5 nitrogen and oxygen atoms in total. The van der Waals surface area contributed by atoms with Crippen LogP contribution in [-0.2, 0) is 11.2 Å². The predicted octanol–water partition coefficient (Wildman–Crippen LogP) is 3.34. The lowest BCUT2D eigenvalue weighted by Gasteiger charge is -2.09. The Morgan fingerprint density at radius 1 is 1.22 bits per heavy atom. The molecule has 0 fully saturated rings. The Bertz CT molecular complexity index is 897. The van der Waals surface area contributed by atoms with Gasteiger partial charge in [-0.05, 0) is 38.8 Å². The van der Waals surface area contributed by atoms with Gasteiger partial charge in [0.25, 0.3) is 0 Å². The number of hydrogen-bond donors (Lipinski definition) is 1. The van der Waals surface area contributed by atoms with E-state index in [4.69, 9.17) is 5.11 Å². The highest BCUT2D eigenvalue weighted by molar-refractivity contribution is 5.67. The zero-order valence-corrected chi connectivity index (χ0v) is 13.5. The van der Waals surface area contributed by atoms with Crippen LogP contribution in [0.25, 0.3) is 16.9 Å².